The van der Waals surface area contributed by atoms with E-state index in [4.69, 9.17) is 5.11 Å². The van der Waals surface area contributed by atoms with E-state index in [0.717, 1.165) is 6.20 Å². The van der Waals surface area contributed by atoms with Crippen molar-refractivity contribution >= 4 is 11.8 Å². The highest BCUT2D eigenvalue weighted by Gasteiger charge is 2.12. The Morgan fingerprint density at radius 1 is 1.47 bits per heavy atom. The minimum Gasteiger partial charge on any atom is -0.478 e. The highest BCUT2D eigenvalue weighted by Crippen LogP contribution is 2.12. The maximum absolute atomic E-state index is 10.7. The lowest BCUT2D eigenvalue weighted by atomic mass is 10.2. The van der Waals surface area contributed by atoms with Crippen LogP contribution in [0.3, 0.4) is 0 Å². The second kappa shape index (κ2) is 4.00. The number of carboxylic acid groups (broad SMARTS) is 1. The number of rotatable bonds is 3. The molecule has 8 heteroatoms. The van der Waals surface area contributed by atoms with Gasteiger partial charge in [0.1, 0.15) is 12.0 Å². The molecule has 0 radical (unpaired) electrons. The van der Waals surface area contributed by atoms with Gasteiger partial charge < -0.3 is 15.2 Å². The first-order valence-corrected chi connectivity index (χ1v) is 4.46. The average Bonchev–Trinajstić information content (AvgIpc) is 2.78. The van der Waals surface area contributed by atoms with Crippen LogP contribution in [-0.4, -0.2) is 30.5 Å². The lowest BCUT2D eigenvalue weighted by Gasteiger charge is -1.99. The van der Waals surface area contributed by atoms with E-state index in [1.165, 1.54) is 29.2 Å². The Kier molecular flexibility index (Phi) is 2.53. The number of imidazole rings is 1. The number of aromatic nitrogens is 3. The summed E-state index contributed by atoms with van der Waals surface area (Å²) in [6.07, 6.45) is 3.67. The van der Waals surface area contributed by atoms with Crippen molar-refractivity contribution in [2.75, 3.05) is 0 Å². The van der Waals surface area contributed by atoms with E-state index in [1.807, 2.05) is 0 Å². The Balaban J connectivity index is 2.42. The van der Waals surface area contributed by atoms with Gasteiger partial charge in [0.15, 0.2) is 0 Å². The van der Waals surface area contributed by atoms with Crippen molar-refractivity contribution in [3.8, 4) is 5.82 Å². The topological polar surface area (TPSA) is 111 Å². The molecule has 2 aromatic rings. The molecule has 0 saturated carbocycles. The van der Waals surface area contributed by atoms with E-state index in [9.17, 15) is 14.9 Å². The number of carbonyl (C=O) groups is 1. The zero-order valence-electron chi connectivity index (χ0n) is 8.35. The SMILES string of the molecule is O=C(O)c1ccnc(-n2cnc([N+](=O)[O-])c2)c1. The summed E-state index contributed by atoms with van der Waals surface area (Å²) in [6.45, 7) is 0. The van der Waals surface area contributed by atoms with Gasteiger partial charge in [-0.2, -0.15) is 0 Å². The molecular formula is C9H6N4O4. The van der Waals surface area contributed by atoms with Crippen LogP contribution < -0.4 is 0 Å². The van der Waals surface area contributed by atoms with Gasteiger partial charge >= 0.3 is 11.8 Å². The predicted octanol–water partition coefficient (Wildman–Crippen LogP) is 0.874. The van der Waals surface area contributed by atoms with E-state index < -0.39 is 10.9 Å². The van der Waals surface area contributed by atoms with Crippen LogP contribution in [0.15, 0.2) is 30.9 Å². The summed E-state index contributed by atoms with van der Waals surface area (Å²) in [4.78, 5) is 28.0. The molecule has 0 spiro atoms. The standard InChI is InChI=1S/C9H6N4O4/c14-9(15)6-1-2-10-7(3-6)12-4-8(11-5-12)13(16)17/h1-5H,(H,14,15). The average molecular weight is 234 g/mol. The Morgan fingerprint density at radius 2 is 2.24 bits per heavy atom. The van der Waals surface area contributed by atoms with Crippen LogP contribution >= 0.6 is 0 Å². The van der Waals surface area contributed by atoms with E-state index in [-0.39, 0.29) is 17.2 Å². The maximum Gasteiger partial charge on any atom is 0.381 e. The second-order valence-electron chi connectivity index (χ2n) is 3.10. The van der Waals surface area contributed by atoms with Crippen LogP contribution in [0.25, 0.3) is 5.82 Å². The largest absolute Gasteiger partial charge is 0.478 e. The van der Waals surface area contributed by atoms with Gasteiger partial charge in [0.25, 0.3) is 0 Å². The summed E-state index contributed by atoms with van der Waals surface area (Å²) in [5.74, 6) is -1.17. The number of aromatic carboxylic acids is 1. The molecule has 2 heterocycles. The molecule has 0 aliphatic heterocycles. The van der Waals surface area contributed by atoms with Crippen molar-refractivity contribution < 1.29 is 14.8 Å². The summed E-state index contributed by atoms with van der Waals surface area (Å²) in [5.41, 5.74) is 0.0475. The Bertz CT molecular complexity index is 592. The number of hydrogen-bond donors (Lipinski definition) is 1. The van der Waals surface area contributed by atoms with Crippen LogP contribution in [0.1, 0.15) is 10.4 Å². The number of pyridine rings is 1. The third kappa shape index (κ3) is 2.09. The predicted molar refractivity (Wildman–Crippen MR) is 55.0 cm³/mol. The fourth-order valence-corrected chi connectivity index (χ4v) is 1.22. The molecule has 0 amide bonds. The summed E-state index contributed by atoms with van der Waals surface area (Å²) in [6, 6.07) is 2.63. The summed E-state index contributed by atoms with van der Waals surface area (Å²) < 4.78 is 1.28. The van der Waals surface area contributed by atoms with Gasteiger partial charge in [-0.25, -0.2) is 9.78 Å². The fourth-order valence-electron chi connectivity index (χ4n) is 1.22. The third-order valence-corrected chi connectivity index (χ3v) is 2.01. The van der Waals surface area contributed by atoms with Crippen LogP contribution in [0, 0.1) is 10.1 Å². The van der Waals surface area contributed by atoms with Crippen LogP contribution in [0.5, 0.6) is 0 Å². The zero-order chi connectivity index (χ0) is 12.4. The molecule has 86 valence electrons. The zero-order valence-corrected chi connectivity index (χ0v) is 8.35. The first-order chi connectivity index (χ1) is 8.08. The van der Waals surface area contributed by atoms with Gasteiger partial charge in [-0.05, 0) is 22.0 Å². The second-order valence-corrected chi connectivity index (χ2v) is 3.10. The Labute approximate surface area is 94.3 Å². The lowest BCUT2D eigenvalue weighted by molar-refractivity contribution is -0.389. The number of carboxylic acids is 1. The van der Waals surface area contributed by atoms with Gasteiger partial charge in [0, 0.05) is 6.20 Å². The van der Waals surface area contributed by atoms with Gasteiger partial charge in [-0.1, -0.05) is 0 Å². The summed E-state index contributed by atoms with van der Waals surface area (Å²) in [7, 11) is 0. The van der Waals surface area contributed by atoms with Crippen molar-refractivity contribution in [3.05, 3.63) is 46.5 Å². The van der Waals surface area contributed by atoms with Crippen molar-refractivity contribution in [2.45, 2.75) is 0 Å². The van der Waals surface area contributed by atoms with Crippen molar-refractivity contribution in [3.63, 3.8) is 0 Å². The van der Waals surface area contributed by atoms with Gasteiger partial charge in [-0.3, -0.25) is 4.57 Å². The molecule has 0 fully saturated rings. The highest BCUT2D eigenvalue weighted by atomic mass is 16.6. The molecule has 0 saturated heterocycles. The van der Waals surface area contributed by atoms with Crippen molar-refractivity contribution in [2.24, 2.45) is 0 Å². The summed E-state index contributed by atoms with van der Waals surface area (Å²) in [5, 5.41) is 19.2. The lowest BCUT2D eigenvalue weighted by Crippen LogP contribution is -2.00. The number of nitrogens with zero attached hydrogens (tertiary/aromatic N) is 4. The minimum atomic E-state index is -1.09. The Hall–Kier alpha value is -2.77. The van der Waals surface area contributed by atoms with Gasteiger partial charge in [-0.15, -0.1) is 0 Å². The molecule has 0 bridgehead atoms. The molecule has 2 aromatic heterocycles. The molecule has 0 atom stereocenters. The highest BCUT2D eigenvalue weighted by molar-refractivity contribution is 5.87. The monoisotopic (exact) mass is 234 g/mol. The molecular weight excluding hydrogens is 228 g/mol. The smallest absolute Gasteiger partial charge is 0.381 e. The first kappa shape index (κ1) is 10.7. The fraction of sp³-hybridized carbons (Fsp3) is 0. The number of hydrogen-bond acceptors (Lipinski definition) is 5. The molecule has 0 aliphatic rings. The van der Waals surface area contributed by atoms with Crippen LogP contribution in [0.4, 0.5) is 5.82 Å². The normalized spacial score (nSPS) is 10.1. The molecule has 2 rings (SSSR count). The van der Waals surface area contributed by atoms with Crippen LogP contribution in [0.2, 0.25) is 0 Å². The molecule has 0 aromatic carbocycles. The van der Waals surface area contributed by atoms with E-state index in [0.29, 0.717) is 0 Å². The number of nitro groups is 1. The molecule has 0 unspecified atom stereocenters. The van der Waals surface area contributed by atoms with Gasteiger partial charge in [0.05, 0.1) is 5.56 Å². The van der Waals surface area contributed by atoms with Gasteiger partial charge in [0.2, 0.25) is 6.33 Å². The van der Waals surface area contributed by atoms with Crippen molar-refractivity contribution in [1.29, 1.82) is 0 Å². The van der Waals surface area contributed by atoms with E-state index in [2.05, 4.69) is 9.97 Å². The molecule has 0 aliphatic carbocycles. The van der Waals surface area contributed by atoms with Crippen molar-refractivity contribution in [1.82, 2.24) is 14.5 Å². The van der Waals surface area contributed by atoms with E-state index in [1.54, 1.807) is 0 Å². The minimum absolute atomic E-state index is 0.0475. The third-order valence-electron chi connectivity index (χ3n) is 2.01. The molecule has 8 nitrogen and oxygen atoms in total. The molecule has 17 heavy (non-hydrogen) atoms. The maximum atomic E-state index is 10.7. The van der Waals surface area contributed by atoms with E-state index >= 15 is 0 Å². The molecule has 1 N–H and O–H groups in total. The first-order valence-electron chi connectivity index (χ1n) is 4.46. The quantitative estimate of drug-likeness (QED) is 0.623. The summed E-state index contributed by atoms with van der Waals surface area (Å²) >= 11 is 0. The van der Waals surface area contributed by atoms with Crippen LogP contribution in [-0.2, 0) is 0 Å². The Morgan fingerprint density at radius 3 is 2.82 bits per heavy atom.